The molecule has 1 aliphatic rings. The van der Waals surface area contributed by atoms with E-state index in [1.165, 1.54) is 16.4 Å². The largest absolute Gasteiger partial charge is 0.454 e. The van der Waals surface area contributed by atoms with Crippen molar-refractivity contribution in [3.05, 3.63) is 48.0 Å². The van der Waals surface area contributed by atoms with Crippen LogP contribution in [-0.2, 0) is 4.79 Å². The highest BCUT2D eigenvalue weighted by Crippen LogP contribution is 2.34. The molecular formula is C19H19N5O3S. The smallest absolute Gasteiger partial charge is 0.237 e. The van der Waals surface area contributed by atoms with E-state index in [1.807, 2.05) is 31.2 Å². The Labute approximate surface area is 166 Å². The molecule has 2 aromatic carbocycles. The van der Waals surface area contributed by atoms with E-state index in [-0.39, 0.29) is 12.7 Å². The van der Waals surface area contributed by atoms with Crippen LogP contribution in [0, 0.1) is 6.92 Å². The maximum absolute atomic E-state index is 12.6. The molecule has 1 amide bonds. The minimum absolute atomic E-state index is 0.177. The summed E-state index contributed by atoms with van der Waals surface area (Å²) in [5.41, 5.74) is 2.59. The number of nitrogen functional groups attached to an aromatic ring is 1. The maximum Gasteiger partial charge on any atom is 0.237 e. The molecule has 2 heterocycles. The third-order valence-corrected chi connectivity index (χ3v) is 5.40. The summed E-state index contributed by atoms with van der Waals surface area (Å²) in [6, 6.07) is 13.1. The lowest BCUT2D eigenvalue weighted by Crippen LogP contribution is -2.23. The van der Waals surface area contributed by atoms with Gasteiger partial charge in [-0.3, -0.25) is 4.79 Å². The van der Waals surface area contributed by atoms with E-state index in [9.17, 15) is 4.79 Å². The highest BCUT2D eigenvalue weighted by atomic mass is 32.2. The van der Waals surface area contributed by atoms with E-state index >= 15 is 0 Å². The first-order chi connectivity index (χ1) is 13.5. The van der Waals surface area contributed by atoms with E-state index in [2.05, 4.69) is 15.5 Å². The van der Waals surface area contributed by atoms with Gasteiger partial charge in [-0.15, -0.1) is 10.2 Å². The number of ether oxygens (including phenoxy) is 2. The number of nitrogens with one attached hydrogen (secondary N) is 1. The van der Waals surface area contributed by atoms with Gasteiger partial charge in [-0.25, -0.2) is 4.68 Å². The predicted octanol–water partition coefficient (Wildman–Crippen LogP) is 2.82. The van der Waals surface area contributed by atoms with E-state index in [1.54, 1.807) is 25.1 Å². The molecule has 0 spiro atoms. The van der Waals surface area contributed by atoms with E-state index < -0.39 is 5.25 Å². The van der Waals surface area contributed by atoms with Crippen molar-refractivity contribution in [3.63, 3.8) is 0 Å². The number of benzene rings is 2. The second-order valence-corrected chi connectivity index (χ2v) is 7.62. The molecule has 28 heavy (non-hydrogen) atoms. The quantitative estimate of drug-likeness (QED) is 0.504. The number of aromatic nitrogens is 3. The van der Waals surface area contributed by atoms with Crippen LogP contribution in [0.15, 0.2) is 47.6 Å². The number of nitrogens with zero attached hydrogens (tertiary/aromatic N) is 3. The fraction of sp³-hybridized carbons (Fsp3) is 0.211. The fourth-order valence-corrected chi connectivity index (χ4v) is 3.56. The molecule has 0 unspecified atom stereocenters. The molecule has 1 aliphatic heterocycles. The zero-order valence-electron chi connectivity index (χ0n) is 15.4. The average Bonchev–Trinajstić information content (AvgIpc) is 3.29. The van der Waals surface area contributed by atoms with Gasteiger partial charge in [0.2, 0.25) is 17.9 Å². The van der Waals surface area contributed by atoms with Gasteiger partial charge in [0.25, 0.3) is 0 Å². The third kappa shape index (κ3) is 3.48. The molecule has 1 atom stereocenters. The second kappa shape index (κ2) is 7.43. The number of thioether (sulfide) groups is 1. The summed E-state index contributed by atoms with van der Waals surface area (Å²) < 4.78 is 12.0. The van der Waals surface area contributed by atoms with E-state index in [0.717, 1.165) is 11.1 Å². The topological polar surface area (TPSA) is 104 Å². The molecule has 1 aromatic heterocycles. The number of carbonyl (C=O) groups is 1. The highest BCUT2D eigenvalue weighted by molar-refractivity contribution is 8.00. The first-order valence-corrected chi connectivity index (χ1v) is 9.54. The Kier molecular flexibility index (Phi) is 4.82. The minimum Gasteiger partial charge on any atom is -0.454 e. The van der Waals surface area contributed by atoms with E-state index in [4.69, 9.17) is 15.3 Å². The van der Waals surface area contributed by atoms with Gasteiger partial charge in [-0.2, -0.15) is 0 Å². The molecule has 0 aliphatic carbocycles. The number of amides is 1. The van der Waals surface area contributed by atoms with Crippen molar-refractivity contribution in [2.24, 2.45) is 0 Å². The van der Waals surface area contributed by atoms with E-state index in [0.29, 0.717) is 28.2 Å². The Bertz CT molecular complexity index is 1040. The maximum atomic E-state index is 12.6. The predicted molar refractivity (Wildman–Crippen MR) is 107 cm³/mol. The number of aryl methyl sites for hydroxylation is 1. The number of hydrogen-bond acceptors (Lipinski definition) is 7. The summed E-state index contributed by atoms with van der Waals surface area (Å²) in [4.78, 5) is 12.6. The van der Waals surface area contributed by atoms with Crippen molar-refractivity contribution in [1.29, 1.82) is 0 Å². The Hall–Kier alpha value is -3.20. The molecule has 0 saturated heterocycles. The third-order valence-electron chi connectivity index (χ3n) is 4.34. The molecule has 0 bridgehead atoms. The molecule has 0 fully saturated rings. The monoisotopic (exact) mass is 397 g/mol. The highest BCUT2D eigenvalue weighted by Gasteiger charge is 2.21. The standard InChI is InChI=1S/C19H19N5O3S/c1-11-5-3-4-6-14(11)17-22-23-19(24(17)20)28-12(2)18(25)21-13-7-8-15-16(9-13)27-10-26-15/h3-9,12H,10,20H2,1-2H3,(H,21,25)/t12-/m0/s1. The average molecular weight is 397 g/mol. The molecule has 3 aromatic rings. The zero-order valence-corrected chi connectivity index (χ0v) is 16.2. The van der Waals surface area contributed by atoms with Crippen molar-refractivity contribution >= 4 is 23.4 Å². The fourth-order valence-electron chi connectivity index (χ4n) is 2.79. The zero-order chi connectivity index (χ0) is 19.7. The molecule has 0 saturated carbocycles. The summed E-state index contributed by atoms with van der Waals surface area (Å²) >= 11 is 1.24. The molecule has 4 rings (SSSR count). The lowest BCUT2D eigenvalue weighted by molar-refractivity contribution is -0.115. The van der Waals surface area contributed by atoms with Crippen LogP contribution in [0.3, 0.4) is 0 Å². The van der Waals surface area contributed by atoms with Crippen molar-refractivity contribution in [2.45, 2.75) is 24.3 Å². The molecular weight excluding hydrogens is 378 g/mol. The van der Waals surface area contributed by atoms with Crippen LogP contribution in [0.2, 0.25) is 0 Å². The van der Waals surface area contributed by atoms with Crippen LogP contribution in [0.4, 0.5) is 5.69 Å². The van der Waals surface area contributed by atoms with Gasteiger partial charge >= 0.3 is 0 Å². The molecule has 0 radical (unpaired) electrons. The Morgan fingerprint density at radius 1 is 1.21 bits per heavy atom. The van der Waals surface area contributed by atoms with Gasteiger partial charge in [-0.05, 0) is 31.5 Å². The van der Waals surface area contributed by atoms with Crippen LogP contribution in [-0.4, -0.2) is 32.8 Å². The number of rotatable bonds is 5. The van der Waals surface area contributed by atoms with Crippen molar-refractivity contribution in [1.82, 2.24) is 14.9 Å². The van der Waals surface area contributed by atoms with Gasteiger partial charge in [0.05, 0.1) is 5.25 Å². The number of hydrogen-bond donors (Lipinski definition) is 2. The van der Waals surface area contributed by atoms with Crippen molar-refractivity contribution < 1.29 is 14.3 Å². The molecule has 3 N–H and O–H groups in total. The summed E-state index contributed by atoms with van der Waals surface area (Å²) in [6.07, 6.45) is 0. The Morgan fingerprint density at radius 2 is 2.00 bits per heavy atom. The van der Waals surface area contributed by atoms with Gasteiger partial charge in [0, 0.05) is 17.3 Å². The molecule has 8 nitrogen and oxygen atoms in total. The van der Waals surface area contributed by atoms with Crippen LogP contribution in [0.1, 0.15) is 12.5 Å². The van der Waals surface area contributed by atoms with Gasteiger partial charge < -0.3 is 20.6 Å². The van der Waals surface area contributed by atoms with Gasteiger partial charge in [0.15, 0.2) is 17.3 Å². The summed E-state index contributed by atoms with van der Waals surface area (Å²) in [6.45, 7) is 3.96. The summed E-state index contributed by atoms with van der Waals surface area (Å²) in [5, 5.41) is 11.2. The van der Waals surface area contributed by atoms with Crippen LogP contribution < -0.4 is 20.6 Å². The van der Waals surface area contributed by atoms with Crippen LogP contribution >= 0.6 is 11.8 Å². The number of carbonyl (C=O) groups excluding carboxylic acids is 1. The molecule has 9 heteroatoms. The Morgan fingerprint density at radius 3 is 2.82 bits per heavy atom. The van der Waals surface area contributed by atoms with Crippen molar-refractivity contribution in [2.75, 3.05) is 18.0 Å². The number of nitrogens with two attached hydrogens (primary N) is 1. The first kappa shape index (κ1) is 18.2. The lowest BCUT2D eigenvalue weighted by atomic mass is 10.1. The number of fused-ring (bicyclic) bond motifs is 1. The summed E-state index contributed by atoms with van der Waals surface area (Å²) in [5.74, 6) is 7.84. The van der Waals surface area contributed by atoms with Gasteiger partial charge in [-0.1, -0.05) is 36.0 Å². The summed E-state index contributed by atoms with van der Waals surface area (Å²) in [7, 11) is 0. The first-order valence-electron chi connectivity index (χ1n) is 8.66. The minimum atomic E-state index is -0.429. The Balaban J connectivity index is 1.46. The van der Waals surface area contributed by atoms with Crippen LogP contribution in [0.5, 0.6) is 11.5 Å². The lowest BCUT2D eigenvalue weighted by Gasteiger charge is -2.12. The van der Waals surface area contributed by atoms with Gasteiger partial charge in [0.1, 0.15) is 0 Å². The number of anilines is 1. The normalized spacial score (nSPS) is 13.4. The molecule has 144 valence electrons. The van der Waals surface area contributed by atoms with Crippen molar-refractivity contribution in [3.8, 4) is 22.9 Å². The second-order valence-electron chi connectivity index (χ2n) is 6.31. The van der Waals surface area contributed by atoms with Crippen LogP contribution in [0.25, 0.3) is 11.4 Å². The SMILES string of the molecule is Cc1ccccc1-c1nnc(S[C@@H](C)C(=O)Nc2ccc3c(c2)OCO3)n1N.